The number of rotatable bonds is 5. The predicted molar refractivity (Wildman–Crippen MR) is 101 cm³/mol. The quantitative estimate of drug-likeness (QED) is 0.878. The van der Waals surface area contributed by atoms with Crippen LogP contribution in [0.2, 0.25) is 0 Å². The van der Waals surface area contributed by atoms with Crippen LogP contribution in [0.5, 0.6) is 5.75 Å². The van der Waals surface area contributed by atoms with Gasteiger partial charge < -0.3 is 15.0 Å². The highest BCUT2D eigenvalue weighted by molar-refractivity contribution is 6.01. The molecule has 1 saturated heterocycles. The summed E-state index contributed by atoms with van der Waals surface area (Å²) < 4.78 is 18.4. The van der Waals surface area contributed by atoms with Crippen LogP contribution in [0.15, 0.2) is 42.5 Å². The van der Waals surface area contributed by atoms with E-state index in [1.807, 2.05) is 32.0 Å². The Morgan fingerprint density at radius 3 is 2.63 bits per heavy atom. The van der Waals surface area contributed by atoms with Crippen molar-refractivity contribution in [2.75, 3.05) is 18.6 Å². The molecule has 2 unspecified atom stereocenters. The van der Waals surface area contributed by atoms with Crippen LogP contribution in [0.4, 0.5) is 10.1 Å². The number of anilines is 1. The number of benzene rings is 2. The molecular weight excluding hydrogens is 347 g/mol. The van der Waals surface area contributed by atoms with Gasteiger partial charge in [0.05, 0.1) is 24.8 Å². The van der Waals surface area contributed by atoms with Crippen LogP contribution in [0.25, 0.3) is 0 Å². The van der Waals surface area contributed by atoms with E-state index < -0.39 is 5.92 Å². The summed E-state index contributed by atoms with van der Waals surface area (Å²) in [5.41, 5.74) is 2.51. The summed E-state index contributed by atoms with van der Waals surface area (Å²) in [7, 11) is 1.56. The Bertz CT molecular complexity index is 851. The molecule has 1 heterocycles. The second-order valence-corrected chi connectivity index (χ2v) is 6.86. The zero-order valence-corrected chi connectivity index (χ0v) is 15.7. The van der Waals surface area contributed by atoms with Crippen molar-refractivity contribution in [1.29, 1.82) is 0 Å². The standard InChI is InChI=1S/C21H23FN2O3/c1-13-4-9-19(27-3)18(10-13)24-12-16(11-20(24)25)21(26)23-14(2)15-5-7-17(22)8-6-15/h4-10,14,16H,11-12H2,1-3H3,(H,23,26). The number of hydrogen-bond donors (Lipinski definition) is 1. The molecule has 3 rings (SSSR count). The van der Waals surface area contributed by atoms with E-state index in [0.717, 1.165) is 11.1 Å². The van der Waals surface area contributed by atoms with E-state index >= 15 is 0 Å². The van der Waals surface area contributed by atoms with Crippen LogP contribution in [0.1, 0.15) is 30.5 Å². The molecule has 2 amide bonds. The third-order valence-electron chi connectivity index (χ3n) is 4.85. The molecule has 0 spiro atoms. The van der Waals surface area contributed by atoms with Gasteiger partial charge in [-0.3, -0.25) is 9.59 Å². The van der Waals surface area contributed by atoms with Crippen LogP contribution in [0, 0.1) is 18.7 Å². The number of carbonyl (C=O) groups excluding carboxylic acids is 2. The van der Waals surface area contributed by atoms with Crippen LogP contribution >= 0.6 is 0 Å². The lowest BCUT2D eigenvalue weighted by molar-refractivity contribution is -0.126. The Balaban J connectivity index is 1.70. The molecule has 0 saturated carbocycles. The van der Waals surface area contributed by atoms with Crippen molar-refractivity contribution in [2.45, 2.75) is 26.3 Å². The summed E-state index contributed by atoms with van der Waals surface area (Å²) in [4.78, 5) is 26.8. The zero-order valence-electron chi connectivity index (χ0n) is 15.7. The molecule has 5 nitrogen and oxygen atoms in total. The number of hydrogen-bond acceptors (Lipinski definition) is 3. The lowest BCUT2D eigenvalue weighted by Gasteiger charge is -2.21. The number of methoxy groups -OCH3 is 1. The molecule has 1 N–H and O–H groups in total. The molecule has 142 valence electrons. The third-order valence-corrected chi connectivity index (χ3v) is 4.85. The second-order valence-electron chi connectivity index (χ2n) is 6.86. The van der Waals surface area contributed by atoms with Crippen molar-refractivity contribution in [3.05, 3.63) is 59.4 Å². The van der Waals surface area contributed by atoms with Crippen LogP contribution in [-0.2, 0) is 9.59 Å². The minimum atomic E-state index is -0.439. The van der Waals surface area contributed by atoms with Gasteiger partial charge in [-0.15, -0.1) is 0 Å². The fraction of sp³-hybridized carbons (Fsp3) is 0.333. The van der Waals surface area contributed by atoms with E-state index in [4.69, 9.17) is 4.74 Å². The minimum absolute atomic E-state index is 0.103. The molecule has 1 fully saturated rings. The Kier molecular flexibility index (Phi) is 5.44. The molecule has 1 aliphatic heterocycles. The first-order chi connectivity index (χ1) is 12.9. The van der Waals surface area contributed by atoms with E-state index in [-0.39, 0.29) is 30.1 Å². The SMILES string of the molecule is COc1ccc(C)cc1N1CC(C(=O)NC(C)c2ccc(F)cc2)CC1=O. The van der Waals surface area contributed by atoms with Crippen LogP contribution in [-0.4, -0.2) is 25.5 Å². The third kappa shape index (κ3) is 4.10. The maximum atomic E-state index is 13.1. The predicted octanol–water partition coefficient (Wildman–Crippen LogP) is 3.37. The van der Waals surface area contributed by atoms with Gasteiger partial charge in [0.1, 0.15) is 11.6 Å². The molecular formula is C21H23FN2O3. The van der Waals surface area contributed by atoms with Gasteiger partial charge >= 0.3 is 0 Å². The number of aryl methyl sites for hydroxylation is 1. The zero-order chi connectivity index (χ0) is 19.6. The number of nitrogens with zero attached hydrogens (tertiary/aromatic N) is 1. The van der Waals surface area contributed by atoms with E-state index in [1.54, 1.807) is 24.1 Å². The molecule has 0 radical (unpaired) electrons. The first kappa shape index (κ1) is 18.9. The first-order valence-electron chi connectivity index (χ1n) is 8.90. The molecule has 0 bridgehead atoms. The second kappa shape index (κ2) is 7.78. The number of amides is 2. The number of nitrogens with one attached hydrogen (secondary N) is 1. The molecule has 6 heteroatoms. The molecule has 2 aromatic rings. The maximum Gasteiger partial charge on any atom is 0.227 e. The number of ether oxygens (including phenoxy) is 1. The lowest BCUT2D eigenvalue weighted by atomic mass is 10.0. The topological polar surface area (TPSA) is 58.6 Å². The van der Waals surface area contributed by atoms with Crippen LogP contribution < -0.4 is 15.0 Å². The van der Waals surface area contributed by atoms with E-state index in [2.05, 4.69) is 5.32 Å². The summed E-state index contributed by atoms with van der Waals surface area (Å²) >= 11 is 0. The first-order valence-corrected chi connectivity index (χ1v) is 8.90. The van der Waals surface area contributed by atoms with Gasteiger partial charge in [-0.1, -0.05) is 18.2 Å². The molecule has 27 heavy (non-hydrogen) atoms. The average molecular weight is 370 g/mol. The highest BCUT2D eigenvalue weighted by Gasteiger charge is 2.36. The van der Waals surface area contributed by atoms with Gasteiger partial charge in [0.2, 0.25) is 11.8 Å². The molecule has 2 aromatic carbocycles. The fourth-order valence-electron chi connectivity index (χ4n) is 3.29. The lowest BCUT2D eigenvalue weighted by Crippen LogP contribution is -2.34. The van der Waals surface area contributed by atoms with Gasteiger partial charge in [-0.05, 0) is 49.2 Å². The van der Waals surface area contributed by atoms with Crippen molar-refractivity contribution in [1.82, 2.24) is 5.32 Å². The van der Waals surface area contributed by atoms with Crippen molar-refractivity contribution in [2.24, 2.45) is 5.92 Å². The molecule has 2 atom stereocenters. The van der Waals surface area contributed by atoms with Crippen molar-refractivity contribution in [3.8, 4) is 5.75 Å². The maximum absolute atomic E-state index is 13.1. The van der Waals surface area contributed by atoms with Gasteiger partial charge in [0.15, 0.2) is 0 Å². The molecule has 0 aromatic heterocycles. The summed E-state index contributed by atoms with van der Waals surface area (Å²) in [6.45, 7) is 4.09. The summed E-state index contributed by atoms with van der Waals surface area (Å²) in [5.74, 6) is -0.440. The van der Waals surface area contributed by atoms with Gasteiger partial charge in [-0.25, -0.2) is 4.39 Å². The molecule has 0 aliphatic carbocycles. The van der Waals surface area contributed by atoms with Gasteiger partial charge in [-0.2, -0.15) is 0 Å². The summed E-state index contributed by atoms with van der Waals surface area (Å²) in [6, 6.07) is 11.4. The monoisotopic (exact) mass is 370 g/mol. The van der Waals surface area contributed by atoms with E-state index in [1.165, 1.54) is 12.1 Å². The largest absolute Gasteiger partial charge is 0.495 e. The Morgan fingerprint density at radius 1 is 1.26 bits per heavy atom. The molecule has 1 aliphatic rings. The van der Waals surface area contributed by atoms with Crippen molar-refractivity contribution < 1.29 is 18.7 Å². The van der Waals surface area contributed by atoms with E-state index in [0.29, 0.717) is 18.0 Å². The highest BCUT2D eigenvalue weighted by Crippen LogP contribution is 2.34. The number of halogens is 1. The normalized spacial score (nSPS) is 17.7. The Labute approximate surface area is 158 Å². The van der Waals surface area contributed by atoms with Gasteiger partial charge in [0.25, 0.3) is 0 Å². The van der Waals surface area contributed by atoms with Crippen molar-refractivity contribution >= 4 is 17.5 Å². The van der Waals surface area contributed by atoms with Crippen molar-refractivity contribution in [3.63, 3.8) is 0 Å². The summed E-state index contributed by atoms with van der Waals surface area (Å²) in [6.07, 6.45) is 0.152. The number of carbonyl (C=O) groups is 2. The highest BCUT2D eigenvalue weighted by atomic mass is 19.1. The van der Waals surface area contributed by atoms with E-state index in [9.17, 15) is 14.0 Å². The summed E-state index contributed by atoms with van der Waals surface area (Å²) in [5, 5.41) is 2.92. The minimum Gasteiger partial charge on any atom is -0.495 e. The average Bonchev–Trinajstić information content (AvgIpc) is 3.04. The Morgan fingerprint density at radius 2 is 1.96 bits per heavy atom. The van der Waals surface area contributed by atoms with Crippen LogP contribution in [0.3, 0.4) is 0 Å². The Hall–Kier alpha value is -2.89. The smallest absolute Gasteiger partial charge is 0.227 e. The van der Waals surface area contributed by atoms with Gasteiger partial charge in [0, 0.05) is 13.0 Å². The fourth-order valence-corrected chi connectivity index (χ4v) is 3.29.